The summed E-state index contributed by atoms with van der Waals surface area (Å²) in [4.78, 5) is 15.5. The zero-order chi connectivity index (χ0) is 18.0. The maximum atomic E-state index is 11.4. The first-order chi connectivity index (χ1) is 12.0. The Hall–Kier alpha value is -2.26. The van der Waals surface area contributed by atoms with Crippen molar-refractivity contribution in [3.05, 3.63) is 36.7 Å². The highest BCUT2D eigenvalue weighted by molar-refractivity contribution is 5.82. The van der Waals surface area contributed by atoms with Crippen molar-refractivity contribution >= 4 is 16.7 Å². The fourth-order valence-corrected chi connectivity index (χ4v) is 2.84. The lowest BCUT2D eigenvalue weighted by Gasteiger charge is -2.42. The fraction of sp³-hybridized carbons (Fsp3) is 0.412. The summed E-state index contributed by atoms with van der Waals surface area (Å²) in [5.41, 5.74) is 0. The Morgan fingerprint density at radius 1 is 1.28 bits per heavy atom. The topological polar surface area (TPSA) is 121 Å². The van der Waals surface area contributed by atoms with E-state index < -0.39 is 43.2 Å². The number of aromatic nitrogens is 1. The number of benzene rings is 1. The number of nitrogens with zero attached hydrogens (tertiary/aromatic N) is 1. The van der Waals surface area contributed by atoms with Crippen LogP contribution in [0, 0.1) is 0 Å². The normalized spacial score (nSPS) is 29.4. The quantitative estimate of drug-likeness (QED) is 0.591. The largest absolute Gasteiger partial charge is 0.463 e. The Morgan fingerprint density at radius 3 is 2.80 bits per heavy atom. The molecule has 0 spiro atoms. The van der Waals surface area contributed by atoms with Crippen molar-refractivity contribution in [1.82, 2.24) is 10.3 Å². The Morgan fingerprint density at radius 2 is 2.08 bits per heavy atom. The third-order valence-corrected chi connectivity index (χ3v) is 4.12. The highest BCUT2D eigenvalue weighted by atomic mass is 16.7. The van der Waals surface area contributed by atoms with Crippen molar-refractivity contribution < 1.29 is 29.6 Å². The molecule has 1 aromatic heterocycles. The third kappa shape index (κ3) is 3.72. The van der Waals surface area contributed by atoms with Crippen LogP contribution in [0.3, 0.4) is 0 Å². The summed E-state index contributed by atoms with van der Waals surface area (Å²) in [6.45, 7) is 0.797. The van der Waals surface area contributed by atoms with Gasteiger partial charge in [0.05, 0.1) is 6.61 Å². The predicted octanol–water partition coefficient (Wildman–Crippen LogP) is -0.443. The minimum absolute atomic E-state index is 0.402. The van der Waals surface area contributed by atoms with E-state index in [1.807, 2.05) is 12.1 Å². The first-order valence-electron chi connectivity index (χ1n) is 7.89. The van der Waals surface area contributed by atoms with E-state index in [1.165, 1.54) is 6.92 Å². The van der Waals surface area contributed by atoms with Gasteiger partial charge in [-0.3, -0.25) is 9.78 Å². The van der Waals surface area contributed by atoms with Crippen LogP contribution in [0.25, 0.3) is 10.8 Å². The zero-order valence-corrected chi connectivity index (χ0v) is 13.6. The number of ether oxygens (including phenoxy) is 2. The Bertz CT molecular complexity index is 755. The lowest BCUT2D eigenvalue weighted by atomic mass is 9.97. The van der Waals surface area contributed by atoms with Crippen molar-refractivity contribution in [2.75, 3.05) is 6.61 Å². The third-order valence-electron chi connectivity index (χ3n) is 4.12. The van der Waals surface area contributed by atoms with Crippen LogP contribution in [-0.4, -0.2) is 63.5 Å². The van der Waals surface area contributed by atoms with Gasteiger partial charge in [-0.2, -0.15) is 0 Å². The molecule has 0 unspecified atom stereocenters. The molecule has 1 saturated heterocycles. The lowest BCUT2D eigenvalue weighted by molar-refractivity contribution is -0.244. The molecule has 5 atom stereocenters. The molecule has 1 amide bonds. The molecule has 0 saturated carbocycles. The van der Waals surface area contributed by atoms with Crippen LogP contribution < -0.4 is 10.1 Å². The van der Waals surface area contributed by atoms with Crippen LogP contribution in [-0.2, 0) is 9.53 Å². The molecule has 3 rings (SSSR count). The van der Waals surface area contributed by atoms with Crippen LogP contribution in [0.4, 0.5) is 0 Å². The number of fused-ring (bicyclic) bond motifs is 1. The first kappa shape index (κ1) is 17.6. The molecule has 2 aromatic rings. The minimum Gasteiger partial charge on any atom is -0.463 e. The van der Waals surface area contributed by atoms with Gasteiger partial charge in [0.15, 0.2) is 0 Å². The van der Waals surface area contributed by atoms with E-state index in [2.05, 4.69) is 10.3 Å². The zero-order valence-electron chi connectivity index (χ0n) is 13.6. The number of aliphatic hydroxyl groups excluding tert-OH is 3. The molecule has 8 nitrogen and oxygen atoms in total. The van der Waals surface area contributed by atoms with Crippen LogP contribution in [0.5, 0.6) is 5.75 Å². The number of rotatable bonds is 4. The number of aliphatic hydroxyl groups is 3. The Balaban J connectivity index is 1.86. The number of pyridine rings is 1. The minimum atomic E-state index is -1.34. The molecular formula is C17H20N2O6. The van der Waals surface area contributed by atoms with Crippen LogP contribution in [0.2, 0.25) is 0 Å². The summed E-state index contributed by atoms with van der Waals surface area (Å²) >= 11 is 0. The maximum Gasteiger partial charge on any atom is 0.223 e. The second-order valence-electron chi connectivity index (χ2n) is 5.94. The Labute approximate surface area is 144 Å². The highest BCUT2D eigenvalue weighted by Crippen LogP contribution is 2.26. The van der Waals surface area contributed by atoms with Gasteiger partial charge in [-0.15, -0.1) is 0 Å². The molecule has 8 heteroatoms. The average Bonchev–Trinajstić information content (AvgIpc) is 2.61. The number of carbonyl (C=O) groups is 1. The van der Waals surface area contributed by atoms with Gasteiger partial charge in [-0.1, -0.05) is 0 Å². The summed E-state index contributed by atoms with van der Waals surface area (Å²) in [6.07, 6.45) is -1.40. The van der Waals surface area contributed by atoms with E-state index in [1.54, 1.807) is 24.5 Å². The summed E-state index contributed by atoms with van der Waals surface area (Å²) in [7, 11) is 0. The van der Waals surface area contributed by atoms with Gasteiger partial charge in [0.1, 0.15) is 30.1 Å². The van der Waals surface area contributed by atoms with Crippen molar-refractivity contribution in [2.24, 2.45) is 0 Å². The molecule has 1 fully saturated rings. The molecule has 0 radical (unpaired) electrons. The highest BCUT2D eigenvalue weighted by Gasteiger charge is 2.46. The maximum absolute atomic E-state index is 11.4. The van der Waals surface area contributed by atoms with Gasteiger partial charge >= 0.3 is 0 Å². The predicted molar refractivity (Wildman–Crippen MR) is 87.7 cm³/mol. The summed E-state index contributed by atoms with van der Waals surface area (Å²) in [6, 6.07) is 6.15. The van der Waals surface area contributed by atoms with E-state index in [9.17, 15) is 20.1 Å². The van der Waals surface area contributed by atoms with Crippen molar-refractivity contribution in [3.63, 3.8) is 0 Å². The number of nitrogens with one attached hydrogen (secondary N) is 1. The molecule has 2 heterocycles. The van der Waals surface area contributed by atoms with Gasteiger partial charge in [-0.25, -0.2) is 0 Å². The van der Waals surface area contributed by atoms with Crippen molar-refractivity contribution in [2.45, 2.75) is 37.6 Å². The van der Waals surface area contributed by atoms with Crippen LogP contribution >= 0.6 is 0 Å². The van der Waals surface area contributed by atoms with Crippen molar-refractivity contribution in [3.8, 4) is 5.75 Å². The van der Waals surface area contributed by atoms with Gasteiger partial charge in [0.2, 0.25) is 12.2 Å². The molecule has 1 aliphatic rings. The molecule has 134 valence electrons. The van der Waals surface area contributed by atoms with Gasteiger partial charge in [0, 0.05) is 24.7 Å². The van der Waals surface area contributed by atoms with E-state index in [0.29, 0.717) is 5.75 Å². The molecule has 1 aromatic carbocycles. The number of hydrogen-bond acceptors (Lipinski definition) is 7. The van der Waals surface area contributed by atoms with E-state index in [-0.39, 0.29) is 0 Å². The van der Waals surface area contributed by atoms with E-state index in [4.69, 9.17) is 9.47 Å². The van der Waals surface area contributed by atoms with Gasteiger partial charge in [-0.05, 0) is 29.7 Å². The molecular weight excluding hydrogens is 328 g/mol. The summed E-state index contributed by atoms with van der Waals surface area (Å²) < 4.78 is 11.3. The number of carbonyl (C=O) groups excluding carboxylic acids is 1. The standard InChI is InChI=1S/C17H20N2O6/c1-9(21)19-14-16(23)15(22)13(8-20)25-17(14)24-12-3-2-11-7-18-5-4-10(11)6-12/h2-7,13-17,20,22-23H,8H2,1H3,(H,19,21)/t13-,14-,15+,16-,17-/m1/s1. The molecule has 0 aliphatic carbocycles. The van der Waals surface area contributed by atoms with Gasteiger partial charge < -0.3 is 30.1 Å². The molecule has 25 heavy (non-hydrogen) atoms. The van der Waals surface area contributed by atoms with Gasteiger partial charge in [0.25, 0.3) is 0 Å². The first-order valence-corrected chi connectivity index (χ1v) is 7.89. The molecule has 4 N–H and O–H groups in total. The SMILES string of the molecule is CC(=O)N[C@H]1[C@H](Oc2ccc3cnccc3c2)O[C@H](CO)[C@H](O)[C@@H]1O. The van der Waals surface area contributed by atoms with Crippen molar-refractivity contribution in [1.29, 1.82) is 0 Å². The monoisotopic (exact) mass is 348 g/mol. The number of amides is 1. The van der Waals surface area contributed by atoms with Crippen LogP contribution in [0.1, 0.15) is 6.92 Å². The van der Waals surface area contributed by atoms with E-state index in [0.717, 1.165) is 10.8 Å². The Kier molecular flexibility index (Phi) is 5.14. The smallest absolute Gasteiger partial charge is 0.223 e. The summed E-state index contributed by atoms with van der Waals surface area (Å²) in [5, 5.41) is 33.9. The number of hydrogen-bond donors (Lipinski definition) is 4. The molecule has 0 bridgehead atoms. The second-order valence-corrected chi connectivity index (χ2v) is 5.94. The summed E-state index contributed by atoms with van der Waals surface area (Å²) in [5.74, 6) is 0.0554. The molecule has 1 aliphatic heterocycles. The lowest BCUT2D eigenvalue weighted by Crippen LogP contribution is -2.65. The van der Waals surface area contributed by atoms with Crippen LogP contribution in [0.15, 0.2) is 36.7 Å². The fourth-order valence-electron chi connectivity index (χ4n) is 2.84. The van der Waals surface area contributed by atoms with E-state index >= 15 is 0 Å². The average molecular weight is 348 g/mol. The second kappa shape index (κ2) is 7.32.